The molecular weight excluding hydrogens is 716 g/mol. The molecule has 2 saturated carbocycles. The molecule has 0 spiro atoms. The van der Waals surface area contributed by atoms with Gasteiger partial charge in [0.1, 0.15) is 0 Å². The molecule has 2 aliphatic carbocycles. The predicted molar refractivity (Wildman–Crippen MR) is 209 cm³/mol. The van der Waals surface area contributed by atoms with Gasteiger partial charge >= 0.3 is 0 Å². The Bertz CT molecular complexity index is 1750. The third-order valence-corrected chi connectivity index (χ3v) is 12.4. The first kappa shape index (κ1) is 42.8. The summed E-state index contributed by atoms with van der Waals surface area (Å²) in [6, 6.07) is 22.9. The molecule has 14 nitrogen and oxygen atoms in total. The van der Waals surface area contributed by atoms with E-state index in [1.807, 2.05) is 72.8 Å². The average molecular weight is 773 g/mol. The van der Waals surface area contributed by atoms with Gasteiger partial charge in [-0.3, -0.25) is 29.2 Å². The summed E-state index contributed by atoms with van der Waals surface area (Å²) in [5.41, 5.74) is 15.5. The van der Waals surface area contributed by atoms with Crippen molar-refractivity contribution in [3.63, 3.8) is 0 Å². The van der Waals surface area contributed by atoms with E-state index in [0.29, 0.717) is 25.7 Å². The fourth-order valence-corrected chi connectivity index (χ4v) is 8.71. The van der Waals surface area contributed by atoms with Crippen LogP contribution in [0.5, 0.6) is 0 Å². The highest BCUT2D eigenvalue weighted by Crippen LogP contribution is 2.69. The molecule has 6 N–H and O–H groups in total. The standard InChI is InChI=1S/C42H56N6O8/c1-37(2)39(27-49,53-5)41(37,55-7)35(51)47(25-33-17-9-29(21-43)10-18-33)45-23-31-13-15-32(16-14-31)24-46-48(26-34-19-11-30(22-44)12-20-34)36(52)42(56-8)38(3,4)40(42,28-50)54-6/h9-20,27-28,45-46H,21-26,43-44H2,1-8H3. The summed E-state index contributed by atoms with van der Waals surface area (Å²) in [6.07, 6.45) is 1.30. The van der Waals surface area contributed by atoms with Crippen molar-refractivity contribution in [3.8, 4) is 0 Å². The van der Waals surface area contributed by atoms with Crippen molar-refractivity contribution >= 4 is 24.4 Å². The molecule has 0 aliphatic heterocycles. The van der Waals surface area contributed by atoms with Crippen LogP contribution in [0.25, 0.3) is 0 Å². The highest BCUT2D eigenvalue weighted by Gasteiger charge is 2.91. The Hall–Kier alpha value is -4.38. The van der Waals surface area contributed by atoms with Crippen molar-refractivity contribution in [2.75, 3.05) is 28.4 Å². The first-order chi connectivity index (χ1) is 26.7. The number of aldehydes is 2. The van der Waals surface area contributed by atoms with E-state index < -0.39 is 45.0 Å². The number of methoxy groups -OCH3 is 4. The number of amides is 2. The lowest BCUT2D eigenvalue weighted by molar-refractivity contribution is -0.159. The number of benzene rings is 3. The van der Waals surface area contributed by atoms with Crippen LogP contribution in [0, 0.1) is 10.8 Å². The van der Waals surface area contributed by atoms with E-state index >= 15 is 0 Å². The van der Waals surface area contributed by atoms with Crippen molar-refractivity contribution < 1.29 is 38.1 Å². The largest absolute Gasteiger partial charge is 0.366 e. The Morgan fingerprint density at radius 3 is 1.05 bits per heavy atom. The van der Waals surface area contributed by atoms with Gasteiger partial charge < -0.3 is 30.4 Å². The molecule has 0 bridgehead atoms. The van der Waals surface area contributed by atoms with Crippen LogP contribution >= 0.6 is 0 Å². The molecule has 4 atom stereocenters. The van der Waals surface area contributed by atoms with Gasteiger partial charge in [0, 0.05) is 65.4 Å². The number of rotatable bonds is 20. The van der Waals surface area contributed by atoms with Crippen LogP contribution in [0.2, 0.25) is 0 Å². The van der Waals surface area contributed by atoms with E-state index in [9.17, 15) is 19.2 Å². The first-order valence-corrected chi connectivity index (χ1v) is 18.5. The first-order valence-electron chi connectivity index (χ1n) is 18.5. The van der Waals surface area contributed by atoms with Crippen molar-refractivity contribution in [1.82, 2.24) is 20.9 Å². The zero-order valence-electron chi connectivity index (χ0n) is 33.6. The molecule has 3 aromatic rings. The number of ether oxygens (including phenoxy) is 4. The Morgan fingerprint density at radius 1 is 0.536 bits per heavy atom. The van der Waals surface area contributed by atoms with Gasteiger partial charge in [-0.05, 0) is 33.4 Å². The maximum absolute atomic E-state index is 14.4. The maximum atomic E-state index is 14.4. The fraction of sp³-hybridized carbons (Fsp3) is 0.476. The van der Waals surface area contributed by atoms with Crippen molar-refractivity contribution in [1.29, 1.82) is 0 Å². The van der Waals surface area contributed by atoms with E-state index in [2.05, 4.69) is 10.9 Å². The minimum Gasteiger partial charge on any atom is -0.366 e. The van der Waals surface area contributed by atoms with Gasteiger partial charge in [-0.1, -0.05) is 100 Å². The molecular formula is C42H56N6O8. The smallest absolute Gasteiger partial charge is 0.273 e. The summed E-state index contributed by atoms with van der Waals surface area (Å²) in [7, 11) is 5.62. The third-order valence-electron chi connectivity index (χ3n) is 12.4. The summed E-state index contributed by atoms with van der Waals surface area (Å²) in [5.74, 6) is -0.880. The normalized spacial score (nSPS) is 25.6. The lowest BCUT2D eigenvalue weighted by Crippen LogP contribution is -2.53. The Kier molecular flexibility index (Phi) is 12.4. The summed E-state index contributed by atoms with van der Waals surface area (Å²) in [5, 5.41) is 2.94. The quantitative estimate of drug-likeness (QED) is 0.0974. The van der Waals surface area contributed by atoms with Crippen LogP contribution in [0.4, 0.5) is 0 Å². The summed E-state index contributed by atoms with van der Waals surface area (Å²) in [6.45, 7) is 8.77. The zero-order valence-corrected chi connectivity index (χ0v) is 33.6. The van der Waals surface area contributed by atoms with Gasteiger partial charge in [0.05, 0.1) is 13.1 Å². The molecule has 0 heterocycles. The molecule has 0 saturated heterocycles. The van der Waals surface area contributed by atoms with Crippen LogP contribution in [0.1, 0.15) is 61.1 Å². The van der Waals surface area contributed by atoms with Gasteiger partial charge in [0.15, 0.2) is 35.0 Å². The lowest BCUT2D eigenvalue weighted by Gasteiger charge is -2.30. The molecule has 2 fully saturated rings. The molecule has 4 unspecified atom stereocenters. The van der Waals surface area contributed by atoms with Crippen LogP contribution in [0.3, 0.4) is 0 Å². The van der Waals surface area contributed by atoms with Gasteiger partial charge in [0.25, 0.3) is 11.8 Å². The van der Waals surface area contributed by atoms with Crippen LogP contribution in [-0.4, -0.2) is 85.2 Å². The molecule has 3 aromatic carbocycles. The molecule has 302 valence electrons. The van der Waals surface area contributed by atoms with Gasteiger partial charge in [-0.2, -0.15) is 0 Å². The van der Waals surface area contributed by atoms with Crippen LogP contribution in [-0.2, 0) is 77.4 Å². The number of carbonyl (C=O) groups is 4. The van der Waals surface area contributed by atoms with Crippen molar-refractivity contribution in [2.24, 2.45) is 22.3 Å². The average Bonchev–Trinajstić information content (AvgIpc) is 3.89. The number of nitrogens with one attached hydrogen (secondary N) is 2. The number of carbonyl (C=O) groups excluding carboxylic acids is 4. The molecule has 56 heavy (non-hydrogen) atoms. The number of hydrazine groups is 2. The predicted octanol–water partition coefficient (Wildman–Crippen LogP) is 2.69. The fourth-order valence-electron chi connectivity index (χ4n) is 8.71. The van der Waals surface area contributed by atoms with Gasteiger partial charge in [-0.15, -0.1) is 0 Å². The Labute approximate surface area is 329 Å². The second kappa shape index (κ2) is 16.2. The summed E-state index contributed by atoms with van der Waals surface area (Å²) in [4.78, 5) is 53.6. The van der Waals surface area contributed by atoms with Crippen LogP contribution < -0.4 is 22.3 Å². The van der Waals surface area contributed by atoms with Crippen LogP contribution in [0.15, 0.2) is 72.8 Å². The number of nitrogens with two attached hydrogens (primary N) is 2. The zero-order chi connectivity index (χ0) is 41.2. The Morgan fingerprint density at radius 2 is 0.821 bits per heavy atom. The minimum absolute atomic E-state index is 0.179. The summed E-state index contributed by atoms with van der Waals surface area (Å²) < 4.78 is 23.0. The third kappa shape index (κ3) is 6.38. The molecule has 14 heteroatoms. The number of hydrogen-bond acceptors (Lipinski definition) is 12. The SMILES string of the molecule is COC1(C=O)C(C)(C)C1(OC)C(=O)N(Cc1ccc(CN)cc1)NCc1ccc(CNN(Cc2ccc(CN)cc2)C(=O)C2(OC)C(C)(C)C2(C=O)OC)cc1. The highest BCUT2D eigenvalue weighted by molar-refractivity contribution is 6.01. The molecule has 5 rings (SSSR count). The summed E-state index contributed by atoms with van der Waals surface area (Å²) >= 11 is 0. The second-order valence-corrected chi connectivity index (χ2v) is 15.4. The van der Waals surface area contributed by atoms with Gasteiger partial charge in [0.2, 0.25) is 0 Å². The molecule has 0 radical (unpaired) electrons. The molecule has 0 aromatic heterocycles. The van der Waals surface area contributed by atoms with Gasteiger partial charge in [-0.25, -0.2) is 10.9 Å². The topological polar surface area (TPSA) is 188 Å². The minimum atomic E-state index is -1.56. The van der Waals surface area contributed by atoms with Crippen molar-refractivity contribution in [2.45, 2.75) is 89.4 Å². The number of hydrogen-bond donors (Lipinski definition) is 4. The van der Waals surface area contributed by atoms with Crippen molar-refractivity contribution in [3.05, 3.63) is 106 Å². The maximum Gasteiger partial charge on any atom is 0.273 e. The van der Waals surface area contributed by atoms with E-state index in [-0.39, 0.29) is 26.2 Å². The molecule has 2 aliphatic rings. The number of nitrogens with zero attached hydrogens (tertiary/aromatic N) is 2. The van der Waals surface area contributed by atoms with E-state index in [1.165, 1.54) is 38.5 Å². The Balaban J connectivity index is 1.34. The van der Waals surface area contributed by atoms with E-state index in [1.54, 1.807) is 27.7 Å². The van der Waals surface area contributed by atoms with E-state index in [0.717, 1.165) is 33.4 Å². The second-order valence-electron chi connectivity index (χ2n) is 15.4. The molecule has 2 amide bonds. The highest BCUT2D eigenvalue weighted by atomic mass is 16.6. The van der Waals surface area contributed by atoms with E-state index in [4.69, 9.17) is 30.4 Å². The monoisotopic (exact) mass is 772 g/mol. The lowest BCUT2D eigenvalue weighted by atomic mass is 10.1.